The van der Waals surface area contributed by atoms with Crippen LogP contribution in [0.25, 0.3) is 21.5 Å². The first-order valence-corrected chi connectivity index (χ1v) is 12.6. The molecule has 36 heavy (non-hydrogen) atoms. The van der Waals surface area contributed by atoms with Gasteiger partial charge < -0.3 is 10.6 Å². The molecule has 0 saturated heterocycles. The molecule has 0 bridgehead atoms. The summed E-state index contributed by atoms with van der Waals surface area (Å²) in [6.07, 6.45) is 5.75. The summed E-state index contributed by atoms with van der Waals surface area (Å²) in [7, 11) is 0. The van der Waals surface area contributed by atoms with Crippen LogP contribution in [0.5, 0.6) is 0 Å². The molecule has 5 aromatic carbocycles. The van der Waals surface area contributed by atoms with Gasteiger partial charge in [0, 0.05) is 22.9 Å². The fraction of sp³-hybridized carbons (Fsp3) is 0.121. The van der Waals surface area contributed by atoms with Crippen LogP contribution < -0.4 is 10.6 Å². The molecular weight excluding hydrogens is 440 g/mol. The normalized spacial score (nSPS) is 20.1. The minimum absolute atomic E-state index is 0.0854. The first-order chi connectivity index (χ1) is 17.8. The van der Waals surface area contributed by atoms with Crippen molar-refractivity contribution in [3.8, 4) is 0 Å². The van der Waals surface area contributed by atoms with E-state index in [1.54, 1.807) is 0 Å². The van der Waals surface area contributed by atoms with Gasteiger partial charge in [-0.2, -0.15) is 0 Å². The van der Waals surface area contributed by atoms with Gasteiger partial charge in [0.2, 0.25) is 0 Å². The van der Waals surface area contributed by atoms with Crippen LogP contribution in [-0.4, -0.2) is 5.91 Å². The van der Waals surface area contributed by atoms with Gasteiger partial charge in [-0.25, -0.2) is 0 Å². The van der Waals surface area contributed by atoms with E-state index in [0.29, 0.717) is 17.4 Å². The number of hydrogen-bond donors (Lipinski definition) is 2. The van der Waals surface area contributed by atoms with Crippen LogP contribution in [0.2, 0.25) is 0 Å². The zero-order chi connectivity index (χ0) is 24.1. The zero-order valence-electron chi connectivity index (χ0n) is 19.8. The summed E-state index contributed by atoms with van der Waals surface area (Å²) in [5.74, 6) is 0.733. The predicted octanol–water partition coefficient (Wildman–Crippen LogP) is 8.07. The molecule has 0 aromatic heterocycles. The lowest BCUT2D eigenvalue weighted by atomic mass is 9.75. The number of hydrogen-bond acceptors (Lipinski definition) is 2. The number of carbonyl (C=O) groups is 1. The highest BCUT2D eigenvalue weighted by molar-refractivity contribution is 6.13. The second-order valence-electron chi connectivity index (χ2n) is 9.83. The van der Waals surface area contributed by atoms with Crippen LogP contribution in [0.3, 0.4) is 0 Å². The molecule has 174 valence electrons. The average Bonchev–Trinajstić information content (AvgIpc) is 3.42. The van der Waals surface area contributed by atoms with Crippen LogP contribution in [0.15, 0.2) is 115 Å². The Morgan fingerprint density at radius 2 is 1.53 bits per heavy atom. The van der Waals surface area contributed by atoms with Crippen molar-refractivity contribution in [2.45, 2.75) is 18.4 Å². The first-order valence-electron chi connectivity index (χ1n) is 12.6. The summed E-state index contributed by atoms with van der Waals surface area (Å²) in [5.41, 5.74) is 5.32. The van der Waals surface area contributed by atoms with Gasteiger partial charge in [-0.15, -0.1) is 0 Å². The van der Waals surface area contributed by atoms with Crippen molar-refractivity contribution in [2.24, 2.45) is 5.92 Å². The molecule has 0 unspecified atom stereocenters. The molecule has 3 nitrogen and oxygen atoms in total. The minimum Gasteiger partial charge on any atom is -0.378 e. The van der Waals surface area contributed by atoms with Crippen LogP contribution >= 0.6 is 0 Å². The summed E-state index contributed by atoms with van der Waals surface area (Å²) >= 11 is 0. The predicted molar refractivity (Wildman–Crippen MR) is 149 cm³/mol. The summed E-state index contributed by atoms with van der Waals surface area (Å²) in [6.45, 7) is 0. The lowest BCUT2D eigenvalue weighted by Crippen LogP contribution is -2.29. The summed E-state index contributed by atoms with van der Waals surface area (Å²) in [6, 6.07) is 35.5. The van der Waals surface area contributed by atoms with E-state index in [-0.39, 0.29) is 11.9 Å². The highest BCUT2D eigenvalue weighted by Crippen LogP contribution is 2.51. The summed E-state index contributed by atoms with van der Waals surface area (Å²) in [5, 5.41) is 11.7. The van der Waals surface area contributed by atoms with E-state index in [4.69, 9.17) is 0 Å². The Balaban J connectivity index is 1.22. The molecule has 0 radical (unpaired) electrons. The first kappa shape index (κ1) is 21.0. The molecule has 7 rings (SSSR count). The van der Waals surface area contributed by atoms with Crippen molar-refractivity contribution in [2.75, 3.05) is 10.6 Å². The van der Waals surface area contributed by atoms with Gasteiger partial charge in [0.25, 0.3) is 5.91 Å². The number of allylic oxidation sites excluding steroid dienone is 2. The van der Waals surface area contributed by atoms with Gasteiger partial charge in [-0.05, 0) is 69.3 Å². The Bertz CT molecular complexity index is 1660. The van der Waals surface area contributed by atoms with E-state index in [1.807, 2.05) is 54.6 Å². The molecule has 0 fully saturated rings. The fourth-order valence-corrected chi connectivity index (χ4v) is 6.14. The van der Waals surface area contributed by atoms with Crippen molar-refractivity contribution in [3.63, 3.8) is 0 Å². The molecule has 2 aliphatic rings. The summed E-state index contributed by atoms with van der Waals surface area (Å²) in [4.78, 5) is 13.2. The van der Waals surface area contributed by atoms with E-state index in [9.17, 15) is 4.79 Å². The van der Waals surface area contributed by atoms with Gasteiger partial charge in [0.1, 0.15) is 0 Å². The van der Waals surface area contributed by atoms with Crippen LogP contribution in [0.1, 0.15) is 39.9 Å². The number of carbonyl (C=O) groups excluding carboxylic acids is 1. The highest BCUT2D eigenvalue weighted by atomic mass is 16.1. The third-order valence-corrected chi connectivity index (χ3v) is 7.79. The topological polar surface area (TPSA) is 41.1 Å². The van der Waals surface area contributed by atoms with Crippen molar-refractivity contribution >= 4 is 38.8 Å². The number of amides is 1. The van der Waals surface area contributed by atoms with Crippen LogP contribution in [-0.2, 0) is 0 Å². The minimum atomic E-state index is -0.0854. The smallest absolute Gasteiger partial charge is 0.256 e. The maximum Gasteiger partial charge on any atom is 0.256 e. The van der Waals surface area contributed by atoms with E-state index in [0.717, 1.165) is 22.9 Å². The molecule has 1 aliphatic heterocycles. The third-order valence-electron chi connectivity index (χ3n) is 7.79. The molecule has 3 atom stereocenters. The lowest BCUT2D eigenvalue weighted by Gasteiger charge is -2.38. The van der Waals surface area contributed by atoms with Gasteiger partial charge in [-0.3, -0.25) is 4.79 Å². The Morgan fingerprint density at radius 3 is 2.42 bits per heavy atom. The largest absolute Gasteiger partial charge is 0.378 e. The molecular formula is C33H26N2O. The van der Waals surface area contributed by atoms with Crippen molar-refractivity contribution < 1.29 is 4.79 Å². The molecule has 0 saturated carbocycles. The number of fused-ring (bicyclic) bond motifs is 6. The van der Waals surface area contributed by atoms with E-state index < -0.39 is 0 Å². The Morgan fingerprint density at radius 1 is 0.778 bits per heavy atom. The van der Waals surface area contributed by atoms with Crippen molar-refractivity contribution in [1.82, 2.24) is 0 Å². The molecule has 1 heterocycles. The SMILES string of the molecule is O=C(Nc1cccc([C@@H]2Nc3ccc4ccccc4c3[C@H]3C=CC[C@@H]32)c1)c1cccc2ccccc12. The molecule has 5 aromatic rings. The van der Waals surface area contributed by atoms with E-state index in [1.165, 1.54) is 27.6 Å². The maximum absolute atomic E-state index is 13.2. The second-order valence-corrected chi connectivity index (χ2v) is 9.83. The monoisotopic (exact) mass is 466 g/mol. The van der Waals surface area contributed by atoms with E-state index in [2.05, 4.69) is 71.3 Å². The van der Waals surface area contributed by atoms with Crippen LogP contribution in [0, 0.1) is 5.92 Å². The molecule has 1 aliphatic carbocycles. The number of benzene rings is 5. The quantitative estimate of drug-likeness (QED) is 0.264. The molecule has 0 spiro atoms. The standard InChI is InChI=1S/C33H26N2O/c36-33(29-17-6-10-21-8-1-3-13-25(21)29)34-24-12-5-11-23(20-24)32-28-16-7-15-27(28)31-26-14-4-2-9-22(26)18-19-30(31)35-32/h1-15,17-20,27-28,32,35H,16H2,(H,34,36)/t27-,28-,32-/m0/s1. The van der Waals surface area contributed by atoms with E-state index >= 15 is 0 Å². The zero-order valence-corrected chi connectivity index (χ0v) is 19.8. The van der Waals surface area contributed by atoms with Gasteiger partial charge >= 0.3 is 0 Å². The van der Waals surface area contributed by atoms with Gasteiger partial charge in [0.15, 0.2) is 0 Å². The number of anilines is 2. The van der Waals surface area contributed by atoms with Gasteiger partial charge in [0.05, 0.1) is 6.04 Å². The fourth-order valence-electron chi connectivity index (χ4n) is 6.14. The third kappa shape index (κ3) is 3.39. The van der Waals surface area contributed by atoms with Crippen molar-refractivity contribution in [3.05, 3.63) is 132 Å². The van der Waals surface area contributed by atoms with Crippen LogP contribution in [0.4, 0.5) is 11.4 Å². The van der Waals surface area contributed by atoms with Gasteiger partial charge in [-0.1, -0.05) is 91.0 Å². The number of nitrogens with one attached hydrogen (secondary N) is 2. The summed E-state index contributed by atoms with van der Waals surface area (Å²) < 4.78 is 0. The van der Waals surface area contributed by atoms with Crippen molar-refractivity contribution in [1.29, 1.82) is 0 Å². The highest BCUT2D eigenvalue weighted by Gasteiger charge is 2.38. The average molecular weight is 467 g/mol. The maximum atomic E-state index is 13.2. The Kier molecular flexibility index (Phi) is 4.88. The second kappa shape index (κ2) is 8.39. The Hall–Kier alpha value is -4.37. The molecule has 2 N–H and O–H groups in total. The molecule has 3 heteroatoms. The lowest BCUT2D eigenvalue weighted by molar-refractivity contribution is 0.102. The Labute approximate surface area is 210 Å². The molecule has 1 amide bonds. The number of rotatable bonds is 3.